The number of carbonyl (C=O) groups excluding carboxylic acids is 1. The minimum atomic E-state index is -0.300. The Hall–Kier alpha value is -1.17. The van der Waals surface area contributed by atoms with E-state index in [1.807, 2.05) is 0 Å². The molecule has 1 heterocycles. The molecule has 88 valence electrons. The maximum atomic E-state index is 11.2. The van der Waals surface area contributed by atoms with Crippen molar-refractivity contribution in [1.29, 1.82) is 0 Å². The Bertz CT molecular complexity index is 445. The number of rotatable bonds is 3. The van der Waals surface area contributed by atoms with Gasteiger partial charge in [-0.05, 0) is 31.0 Å². The van der Waals surface area contributed by atoms with Crippen LogP contribution in [-0.2, 0) is 16.1 Å². The number of H-pyrrole nitrogens is 1. The number of nitrogens with one attached hydrogen (secondary N) is 1. The van der Waals surface area contributed by atoms with Gasteiger partial charge in [-0.3, -0.25) is 14.5 Å². The van der Waals surface area contributed by atoms with Gasteiger partial charge >= 0.3 is 5.97 Å². The van der Waals surface area contributed by atoms with Gasteiger partial charge in [0.25, 0.3) is 0 Å². The third-order valence-corrected chi connectivity index (χ3v) is 3.35. The summed E-state index contributed by atoms with van der Waals surface area (Å²) in [5, 5.41) is 6.94. The van der Waals surface area contributed by atoms with Crippen molar-refractivity contribution in [3.05, 3.63) is 10.6 Å². The molecule has 0 unspecified atom stereocenters. The Labute approximate surface area is 98.8 Å². The molecule has 1 aliphatic rings. The van der Waals surface area contributed by atoms with Crippen LogP contribution < -0.4 is 0 Å². The topological polar surface area (TPSA) is 59.9 Å². The van der Waals surface area contributed by atoms with Crippen LogP contribution in [0.1, 0.15) is 31.5 Å². The molecule has 0 atom stereocenters. The van der Waals surface area contributed by atoms with Gasteiger partial charge in [0.1, 0.15) is 12.4 Å². The second kappa shape index (κ2) is 4.37. The number of methoxy groups -OCH3 is 1. The molecule has 6 heteroatoms. The van der Waals surface area contributed by atoms with E-state index < -0.39 is 0 Å². The van der Waals surface area contributed by atoms with Gasteiger partial charge in [0, 0.05) is 5.92 Å². The minimum Gasteiger partial charge on any atom is -0.468 e. The molecule has 1 saturated carbocycles. The lowest BCUT2D eigenvalue weighted by atomic mass is 9.76. The van der Waals surface area contributed by atoms with Crippen molar-refractivity contribution in [3.63, 3.8) is 0 Å². The molecule has 0 radical (unpaired) electrons. The number of aromatic nitrogens is 3. The zero-order valence-electron chi connectivity index (χ0n) is 9.40. The highest BCUT2D eigenvalue weighted by Crippen LogP contribution is 2.40. The number of nitrogens with zero attached hydrogens (tertiary/aromatic N) is 2. The molecule has 0 amide bonds. The Kier molecular flexibility index (Phi) is 3.09. The summed E-state index contributed by atoms with van der Waals surface area (Å²) in [5.74, 6) is 1.74. The van der Waals surface area contributed by atoms with E-state index in [0.29, 0.717) is 10.7 Å². The predicted octanol–water partition coefficient (Wildman–Crippen LogP) is 1.63. The third kappa shape index (κ3) is 2.02. The molecule has 0 bridgehead atoms. The molecule has 1 fully saturated rings. The predicted molar refractivity (Wildman–Crippen MR) is 60.6 cm³/mol. The molecule has 16 heavy (non-hydrogen) atoms. The van der Waals surface area contributed by atoms with Gasteiger partial charge in [-0.2, -0.15) is 5.10 Å². The van der Waals surface area contributed by atoms with Crippen molar-refractivity contribution in [2.75, 3.05) is 7.11 Å². The fourth-order valence-corrected chi connectivity index (χ4v) is 2.30. The summed E-state index contributed by atoms with van der Waals surface area (Å²) in [6, 6.07) is 0. The second-order valence-electron chi connectivity index (χ2n) is 4.32. The Balaban J connectivity index is 2.19. The van der Waals surface area contributed by atoms with E-state index in [-0.39, 0.29) is 12.5 Å². The fraction of sp³-hybridized carbons (Fsp3) is 0.700. The van der Waals surface area contributed by atoms with Crippen LogP contribution in [0.15, 0.2) is 0 Å². The molecule has 0 spiro atoms. The van der Waals surface area contributed by atoms with Gasteiger partial charge in [0.15, 0.2) is 4.77 Å². The molecule has 0 saturated heterocycles. The van der Waals surface area contributed by atoms with Gasteiger partial charge in [0.05, 0.1) is 7.11 Å². The standard InChI is InChI=1S/C10H15N3O2S/c1-6-3-7(4-6)9-11-12-10(16)13(9)5-8(14)15-2/h6-7H,3-5H2,1-2H3,(H,12,16). The number of hydrogen-bond acceptors (Lipinski definition) is 4. The normalized spacial score (nSPS) is 23.9. The molecule has 2 rings (SSSR count). The van der Waals surface area contributed by atoms with Crippen LogP contribution in [0.25, 0.3) is 0 Å². The zero-order valence-corrected chi connectivity index (χ0v) is 10.2. The lowest BCUT2D eigenvalue weighted by molar-refractivity contribution is -0.141. The van der Waals surface area contributed by atoms with Crippen molar-refractivity contribution in [1.82, 2.24) is 14.8 Å². The van der Waals surface area contributed by atoms with Crippen LogP contribution in [0.4, 0.5) is 0 Å². The van der Waals surface area contributed by atoms with Crippen molar-refractivity contribution < 1.29 is 9.53 Å². The van der Waals surface area contributed by atoms with Gasteiger partial charge in [0.2, 0.25) is 0 Å². The molecule has 5 nitrogen and oxygen atoms in total. The highest BCUT2D eigenvalue weighted by Gasteiger charge is 2.31. The summed E-state index contributed by atoms with van der Waals surface area (Å²) in [4.78, 5) is 11.2. The van der Waals surface area contributed by atoms with Crippen molar-refractivity contribution in [2.45, 2.75) is 32.2 Å². The molecule has 0 aliphatic heterocycles. The Morgan fingerprint density at radius 2 is 2.38 bits per heavy atom. The van der Waals surface area contributed by atoms with E-state index >= 15 is 0 Å². The van der Waals surface area contributed by atoms with E-state index in [2.05, 4.69) is 21.9 Å². The molecular weight excluding hydrogens is 226 g/mol. The summed E-state index contributed by atoms with van der Waals surface area (Å²) >= 11 is 5.10. The van der Waals surface area contributed by atoms with Crippen molar-refractivity contribution >= 4 is 18.2 Å². The second-order valence-corrected chi connectivity index (χ2v) is 4.71. The molecular formula is C10H15N3O2S. The van der Waals surface area contributed by atoms with E-state index in [0.717, 1.165) is 24.6 Å². The van der Waals surface area contributed by atoms with Crippen molar-refractivity contribution in [3.8, 4) is 0 Å². The van der Waals surface area contributed by atoms with Gasteiger partial charge < -0.3 is 4.74 Å². The zero-order chi connectivity index (χ0) is 11.7. The molecule has 1 aromatic rings. The van der Waals surface area contributed by atoms with Crippen LogP contribution in [0, 0.1) is 10.7 Å². The summed E-state index contributed by atoms with van der Waals surface area (Å²) in [6.45, 7) is 2.36. The summed E-state index contributed by atoms with van der Waals surface area (Å²) in [5.41, 5.74) is 0. The number of hydrogen-bond donors (Lipinski definition) is 1. The summed E-state index contributed by atoms with van der Waals surface area (Å²) in [6.07, 6.45) is 2.22. The molecule has 1 aromatic heterocycles. The average molecular weight is 241 g/mol. The first-order chi connectivity index (χ1) is 7.61. The molecule has 1 N–H and O–H groups in total. The highest BCUT2D eigenvalue weighted by molar-refractivity contribution is 7.71. The first kappa shape index (κ1) is 11.3. The summed E-state index contributed by atoms with van der Waals surface area (Å²) in [7, 11) is 1.37. The van der Waals surface area contributed by atoms with Crippen molar-refractivity contribution in [2.24, 2.45) is 5.92 Å². The van der Waals surface area contributed by atoms with E-state index in [1.165, 1.54) is 7.11 Å². The lowest BCUT2D eigenvalue weighted by Crippen LogP contribution is -2.24. The summed E-state index contributed by atoms with van der Waals surface area (Å²) < 4.78 is 6.86. The lowest BCUT2D eigenvalue weighted by Gasteiger charge is -2.31. The quantitative estimate of drug-likeness (QED) is 0.645. The first-order valence-corrected chi connectivity index (χ1v) is 5.74. The number of aromatic amines is 1. The van der Waals surface area contributed by atoms with Crippen LogP contribution in [0.2, 0.25) is 0 Å². The molecule has 0 aromatic carbocycles. The van der Waals surface area contributed by atoms with Gasteiger partial charge in [-0.25, -0.2) is 0 Å². The third-order valence-electron chi connectivity index (χ3n) is 3.04. The van der Waals surface area contributed by atoms with E-state index in [1.54, 1.807) is 4.57 Å². The maximum Gasteiger partial charge on any atom is 0.325 e. The van der Waals surface area contributed by atoms with Gasteiger partial charge in [-0.15, -0.1) is 0 Å². The minimum absolute atomic E-state index is 0.145. The van der Waals surface area contributed by atoms with Gasteiger partial charge in [-0.1, -0.05) is 6.92 Å². The van der Waals surface area contributed by atoms with Crippen LogP contribution in [-0.4, -0.2) is 27.8 Å². The number of carbonyl (C=O) groups is 1. The highest BCUT2D eigenvalue weighted by atomic mass is 32.1. The number of ether oxygens (including phenoxy) is 1. The Morgan fingerprint density at radius 3 is 2.94 bits per heavy atom. The van der Waals surface area contributed by atoms with Crippen LogP contribution >= 0.6 is 12.2 Å². The largest absolute Gasteiger partial charge is 0.468 e. The monoisotopic (exact) mass is 241 g/mol. The number of esters is 1. The SMILES string of the molecule is COC(=O)Cn1c(C2CC(C)C2)n[nH]c1=S. The maximum absolute atomic E-state index is 11.2. The fourth-order valence-electron chi connectivity index (χ4n) is 2.10. The van der Waals surface area contributed by atoms with E-state index in [9.17, 15) is 4.79 Å². The molecule has 1 aliphatic carbocycles. The first-order valence-electron chi connectivity index (χ1n) is 5.33. The van der Waals surface area contributed by atoms with Crippen LogP contribution in [0.5, 0.6) is 0 Å². The van der Waals surface area contributed by atoms with Crippen LogP contribution in [0.3, 0.4) is 0 Å². The Morgan fingerprint density at radius 1 is 1.69 bits per heavy atom. The smallest absolute Gasteiger partial charge is 0.325 e. The average Bonchev–Trinajstić information content (AvgIpc) is 2.56. The van der Waals surface area contributed by atoms with E-state index in [4.69, 9.17) is 12.2 Å².